The molecule has 2 N–H and O–H groups in total. The fourth-order valence-electron chi connectivity index (χ4n) is 3.13. The van der Waals surface area contributed by atoms with Gasteiger partial charge in [0.15, 0.2) is 5.96 Å². The molecule has 0 fully saturated rings. The maximum Gasteiger partial charge on any atom is 0.308 e. The van der Waals surface area contributed by atoms with E-state index < -0.39 is 5.60 Å². The van der Waals surface area contributed by atoms with Crippen LogP contribution in [0.1, 0.15) is 44.7 Å². The molecular formula is C22H34N4O3. The van der Waals surface area contributed by atoms with Crippen LogP contribution in [0.4, 0.5) is 0 Å². The minimum atomic E-state index is -0.500. The third kappa shape index (κ3) is 8.13. The predicted octanol–water partition coefficient (Wildman–Crippen LogP) is 1.90. The lowest BCUT2D eigenvalue weighted by molar-refractivity contribution is -0.154. The second kappa shape index (κ2) is 10.3. The largest absolute Gasteiger partial charge is 0.460 e. The Bertz CT molecular complexity index is 738. The molecule has 160 valence electrons. The van der Waals surface area contributed by atoms with Gasteiger partial charge in [-0.25, -0.2) is 4.99 Å². The van der Waals surface area contributed by atoms with Crippen LogP contribution in [0.5, 0.6) is 0 Å². The molecule has 7 nitrogen and oxygen atoms in total. The molecule has 0 aromatic heterocycles. The molecule has 0 radical (unpaired) electrons. The number of hydrogen-bond donors (Lipinski definition) is 2. The first-order valence-corrected chi connectivity index (χ1v) is 10.2. The molecule has 0 spiro atoms. The molecule has 7 heteroatoms. The Balaban J connectivity index is 1.95. The quantitative estimate of drug-likeness (QED) is 0.431. The van der Waals surface area contributed by atoms with Crippen LogP contribution in [0.3, 0.4) is 0 Å². The number of carbonyl (C=O) groups is 2. The summed E-state index contributed by atoms with van der Waals surface area (Å²) in [6.07, 6.45) is 3.14. The summed E-state index contributed by atoms with van der Waals surface area (Å²) in [5, 5.41) is 6.60. The number of esters is 1. The van der Waals surface area contributed by atoms with Crippen molar-refractivity contribution in [1.82, 2.24) is 15.5 Å². The number of ether oxygens (including phenoxy) is 1. The Kier molecular flexibility index (Phi) is 8.05. The Hall–Kier alpha value is -2.57. The highest BCUT2D eigenvalue weighted by Crippen LogP contribution is 2.20. The van der Waals surface area contributed by atoms with Gasteiger partial charge in [0.25, 0.3) is 0 Å². The zero-order chi connectivity index (χ0) is 21.4. The number of carbonyl (C=O) groups excluding carboxylic acids is 2. The summed E-state index contributed by atoms with van der Waals surface area (Å²) in [4.78, 5) is 29.8. The fourth-order valence-corrected chi connectivity index (χ4v) is 3.13. The highest BCUT2D eigenvalue weighted by Gasteiger charge is 2.20. The number of aryl methyl sites for hydroxylation is 1. The minimum absolute atomic E-state index is 0.0536. The van der Waals surface area contributed by atoms with Gasteiger partial charge >= 0.3 is 5.97 Å². The van der Waals surface area contributed by atoms with Crippen LogP contribution in [0.2, 0.25) is 0 Å². The van der Waals surface area contributed by atoms with Gasteiger partial charge in [0, 0.05) is 26.7 Å². The standard InChI is InChI=1S/C22H34N4O3/c1-22(2,3)29-20(28)12-13-23-21(24-15-19(27)26(4)5)25-18-11-10-16-8-6-7-9-17(16)14-18/h6-9,18H,10-15H2,1-5H3,(H2,23,24,25). The average Bonchev–Trinajstić information content (AvgIpc) is 2.64. The number of hydrogen-bond acceptors (Lipinski definition) is 4. The van der Waals surface area contributed by atoms with Gasteiger partial charge in [0.05, 0.1) is 6.42 Å². The van der Waals surface area contributed by atoms with Crippen LogP contribution in [0.25, 0.3) is 0 Å². The number of fused-ring (bicyclic) bond motifs is 1. The maximum atomic E-state index is 11.9. The summed E-state index contributed by atoms with van der Waals surface area (Å²) in [6, 6.07) is 8.70. The average molecular weight is 403 g/mol. The summed E-state index contributed by atoms with van der Waals surface area (Å²) in [5.41, 5.74) is 2.23. The van der Waals surface area contributed by atoms with Gasteiger partial charge in [0.2, 0.25) is 5.91 Å². The molecule has 29 heavy (non-hydrogen) atoms. The lowest BCUT2D eigenvalue weighted by Gasteiger charge is -2.27. The molecule has 2 rings (SSSR count). The molecule has 0 heterocycles. The SMILES string of the molecule is CN(C)C(=O)CN=C(NCCC(=O)OC(C)(C)C)NC1CCc2ccccc2C1. The number of nitrogens with zero attached hydrogens (tertiary/aromatic N) is 2. The van der Waals surface area contributed by atoms with Crippen molar-refractivity contribution in [3.63, 3.8) is 0 Å². The fraction of sp³-hybridized carbons (Fsp3) is 0.591. The Labute approximate surface area is 173 Å². The van der Waals surface area contributed by atoms with Crippen molar-refractivity contribution < 1.29 is 14.3 Å². The van der Waals surface area contributed by atoms with Gasteiger partial charge in [0.1, 0.15) is 12.1 Å². The molecule has 0 bridgehead atoms. The summed E-state index contributed by atoms with van der Waals surface area (Å²) >= 11 is 0. The number of guanidine groups is 1. The van der Waals surface area contributed by atoms with Gasteiger partial charge in [-0.1, -0.05) is 24.3 Å². The molecule has 1 aromatic rings. The number of aliphatic imine (C=N–C) groups is 1. The van der Waals surface area contributed by atoms with E-state index in [-0.39, 0.29) is 30.9 Å². The van der Waals surface area contributed by atoms with E-state index in [9.17, 15) is 9.59 Å². The number of benzene rings is 1. The van der Waals surface area contributed by atoms with Gasteiger partial charge < -0.3 is 20.3 Å². The van der Waals surface area contributed by atoms with Crippen LogP contribution in [0.15, 0.2) is 29.3 Å². The van der Waals surface area contributed by atoms with Crippen molar-refractivity contribution in [3.05, 3.63) is 35.4 Å². The summed E-state index contributed by atoms with van der Waals surface area (Å²) in [5.74, 6) is 0.209. The molecular weight excluding hydrogens is 368 g/mol. The van der Waals surface area contributed by atoms with E-state index in [0.717, 1.165) is 19.3 Å². The molecule has 0 saturated heterocycles. The van der Waals surface area contributed by atoms with Crippen molar-refractivity contribution >= 4 is 17.8 Å². The van der Waals surface area contributed by atoms with Crippen molar-refractivity contribution in [2.24, 2.45) is 4.99 Å². The van der Waals surface area contributed by atoms with E-state index >= 15 is 0 Å². The van der Waals surface area contributed by atoms with Crippen LogP contribution in [-0.2, 0) is 27.2 Å². The van der Waals surface area contributed by atoms with Crippen molar-refractivity contribution in [2.45, 2.75) is 58.1 Å². The van der Waals surface area contributed by atoms with E-state index in [4.69, 9.17) is 4.74 Å². The second-order valence-corrected chi connectivity index (χ2v) is 8.57. The monoisotopic (exact) mass is 402 g/mol. The molecule has 1 aliphatic carbocycles. The van der Waals surface area contributed by atoms with Crippen LogP contribution in [-0.4, -0.2) is 61.6 Å². The number of rotatable bonds is 6. The van der Waals surface area contributed by atoms with Crippen molar-refractivity contribution in [3.8, 4) is 0 Å². The Morgan fingerprint density at radius 2 is 1.90 bits per heavy atom. The Morgan fingerprint density at radius 3 is 2.55 bits per heavy atom. The lowest BCUT2D eigenvalue weighted by Crippen LogP contribution is -2.46. The number of likely N-dealkylation sites (N-methyl/N-ethyl adjacent to an activating group) is 1. The van der Waals surface area contributed by atoms with Gasteiger partial charge in [-0.3, -0.25) is 9.59 Å². The molecule has 1 atom stereocenters. The zero-order valence-electron chi connectivity index (χ0n) is 18.2. The Morgan fingerprint density at radius 1 is 1.21 bits per heavy atom. The molecule has 0 aliphatic heterocycles. The molecule has 1 unspecified atom stereocenters. The van der Waals surface area contributed by atoms with Crippen molar-refractivity contribution in [1.29, 1.82) is 0 Å². The molecule has 1 aromatic carbocycles. The zero-order valence-corrected chi connectivity index (χ0v) is 18.2. The van der Waals surface area contributed by atoms with E-state index in [2.05, 4.69) is 39.9 Å². The van der Waals surface area contributed by atoms with Gasteiger partial charge in [-0.15, -0.1) is 0 Å². The van der Waals surface area contributed by atoms with Crippen LogP contribution in [0, 0.1) is 0 Å². The third-order valence-electron chi connectivity index (χ3n) is 4.60. The number of amides is 1. The predicted molar refractivity (Wildman–Crippen MR) is 115 cm³/mol. The summed E-state index contributed by atoms with van der Waals surface area (Å²) in [7, 11) is 3.41. The van der Waals surface area contributed by atoms with E-state index in [1.165, 1.54) is 16.0 Å². The first-order chi connectivity index (χ1) is 13.6. The maximum absolute atomic E-state index is 11.9. The highest BCUT2D eigenvalue weighted by molar-refractivity contribution is 5.85. The third-order valence-corrected chi connectivity index (χ3v) is 4.60. The van der Waals surface area contributed by atoms with E-state index in [1.54, 1.807) is 14.1 Å². The number of nitrogens with one attached hydrogen (secondary N) is 2. The molecule has 1 aliphatic rings. The first kappa shape index (κ1) is 22.7. The topological polar surface area (TPSA) is 83.0 Å². The van der Waals surface area contributed by atoms with Crippen LogP contribution < -0.4 is 10.6 Å². The van der Waals surface area contributed by atoms with Gasteiger partial charge in [-0.05, 0) is 51.2 Å². The molecule has 0 saturated carbocycles. The summed E-state index contributed by atoms with van der Waals surface area (Å²) < 4.78 is 5.34. The second-order valence-electron chi connectivity index (χ2n) is 8.57. The molecule has 1 amide bonds. The van der Waals surface area contributed by atoms with Crippen molar-refractivity contribution in [2.75, 3.05) is 27.2 Å². The lowest BCUT2D eigenvalue weighted by atomic mass is 9.88. The van der Waals surface area contributed by atoms with E-state index in [0.29, 0.717) is 12.5 Å². The summed E-state index contributed by atoms with van der Waals surface area (Å²) in [6.45, 7) is 5.99. The highest BCUT2D eigenvalue weighted by atomic mass is 16.6. The van der Waals surface area contributed by atoms with E-state index in [1.807, 2.05) is 20.8 Å². The smallest absolute Gasteiger partial charge is 0.308 e. The normalized spacial score (nSPS) is 16.6. The van der Waals surface area contributed by atoms with Gasteiger partial charge in [-0.2, -0.15) is 0 Å². The first-order valence-electron chi connectivity index (χ1n) is 10.2. The minimum Gasteiger partial charge on any atom is -0.460 e. The van der Waals surface area contributed by atoms with Crippen LogP contribution >= 0.6 is 0 Å².